The molecule has 0 bridgehead atoms. The van der Waals surface area contributed by atoms with Crippen LogP contribution in [0.2, 0.25) is 0 Å². The summed E-state index contributed by atoms with van der Waals surface area (Å²) in [4.78, 5) is 2.38. The number of para-hydroxylation sites is 1. The number of benzene rings is 6. The Kier molecular flexibility index (Phi) is 6.65. The zero-order valence-corrected chi connectivity index (χ0v) is 27.4. The van der Waals surface area contributed by atoms with Gasteiger partial charge in [0.15, 0.2) is 0 Å². The summed E-state index contributed by atoms with van der Waals surface area (Å²) in [6.07, 6.45) is 8.83. The molecule has 0 fully saturated rings. The molecule has 2 heterocycles. The minimum Gasteiger partial charge on any atom is -0.313 e. The Bertz CT molecular complexity index is 2500. The van der Waals surface area contributed by atoms with Crippen LogP contribution in [0.5, 0.6) is 0 Å². The second kappa shape index (κ2) is 11.2. The number of thiophene rings is 1. The highest BCUT2D eigenvalue weighted by molar-refractivity contribution is 9.10. The van der Waals surface area contributed by atoms with Gasteiger partial charge in [0, 0.05) is 58.2 Å². The Morgan fingerprint density at radius 3 is 2.24 bits per heavy atom. The van der Waals surface area contributed by atoms with Crippen molar-refractivity contribution in [2.45, 2.75) is 12.8 Å². The maximum Gasteiger partial charge on any atom is 0.0558 e. The van der Waals surface area contributed by atoms with E-state index < -0.39 is 0 Å². The summed E-state index contributed by atoms with van der Waals surface area (Å²) in [5.41, 5.74) is 9.57. The van der Waals surface area contributed by atoms with E-state index in [0.717, 1.165) is 34.4 Å². The molecule has 0 saturated carbocycles. The Hall–Kier alpha value is -4.90. The van der Waals surface area contributed by atoms with Gasteiger partial charge < -0.3 is 9.47 Å². The van der Waals surface area contributed by atoms with E-state index >= 15 is 0 Å². The molecule has 2 aromatic heterocycles. The van der Waals surface area contributed by atoms with Crippen molar-refractivity contribution in [2.24, 2.45) is 0 Å². The lowest BCUT2D eigenvalue weighted by Crippen LogP contribution is -2.10. The van der Waals surface area contributed by atoms with E-state index in [2.05, 4.69) is 177 Å². The van der Waals surface area contributed by atoms with E-state index in [-0.39, 0.29) is 0 Å². The molecule has 1 aliphatic carbocycles. The van der Waals surface area contributed by atoms with Crippen LogP contribution in [0.4, 0.5) is 17.1 Å². The van der Waals surface area contributed by atoms with Crippen LogP contribution < -0.4 is 4.90 Å². The quantitative estimate of drug-likeness (QED) is 0.177. The standard InChI is InChI=1S/C42H29BrN2S/c43-38-20-9-7-18-33(38)28-12-11-17-31(24-28)44(29-13-3-1-4-14-29)32-22-23-34-36-27-42-37(35-19-8-10-21-41(35)46-42)26-40(36)45(39(34)25-32)30-15-5-2-6-16-30/h1-5,7-15,17-27H,6,16H2. The number of fused-ring (bicyclic) bond motifs is 6. The van der Waals surface area contributed by atoms with Gasteiger partial charge in [-0.15, -0.1) is 11.3 Å². The lowest BCUT2D eigenvalue weighted by Gasteiger charge is -2.26. The van der Waals surface area contributed by atoms with E-state index in [9.17, 15) is 0 Å². The fourth-order valence-electron chi connectivity index (χ4n) is 6.98. The van der Waals surface area contributed by atoms with Crippen LogP contribution in [-0.2, 0) is 0 Å². The molecule has 2 nitrogen and oxygen atoms in total. The molecule has 0 amide bonds. The van der Waals surface area contributed by atoms with Gasteiger partial charge in [-0.05, 0) is 90.7 Å². The van der Waals surface area contributed by atoms with Gasteiger partial charge in [-0.1, -0.05) is 101 Å². The first-order chi connectivity index (χ1) is 22.7. The second-order valence-corrected chi connectivity index (χ2v) is 13.8. The normalized spacial score (nSPS) is 13.2. The summed E-state index contributed by atoms with van der Waals surface area (Å²) in [7, 11) is 0. The first-order valence-corrected chi connectivity index (χ1v) is 17.3. The molecule has 9 rings (SSSR count). The third kappa shape index (κ3) is 4.52. The smallest absolute Gasteiger partial charge is 0.0558 e. The van der Waals surface area contributed by atoms with Gasteiger partial charge in [-0.2, -0.15) is 0 Å². The minimum atomic E-state index is 1.01. The van der Waals surface area contributed by atoms with Gasteiger partial charge >= 0.3 is 0 Å². The van der Waals surface area contributed by atoms with E-state index in [4.69, 9.17) is 0 Å². The molecule has 0 aliphatic heterocycles. The second-order valence-electron chi connectivity index (χ2n) is 11.8. The number of rotatable bonds is 5. The van der Waals surface area contributed by atoms with Crippen molar-refractivity contribution in [3.8, 4) is 11.1 Å². The number of hydrogen-bond donors (Lipinski definition) is 0. The number of hydrogen-bond acceptors (Lipinski definition) is 2. The van der Waals surface area contributed by atoms with Gasteiger partial charge in [-0.3, -0.25) is 0 Å². The van der Waals surface area contributed by atoms with Gasteiger partial charge in [-0.25, -0.2) is 0 Å². The fraction of sp³-hybridized carbons (Fsp3) is 0.0476. The van der Waals surface area contributed by atoms with Crippen molar-refractivity contribution < 1.29 is 0 Å². The molecule has 1 aliphatic rings. The first-order valence-electron chi connectivity index (χ1n) is 15.7. The van der Waals surface area contributed by atoms with Crippen molar-refractivity contribution in [2.75, 3.05) is 4.90 Å². The van der Waals surface area contributed by atoms with Gasteiger partial charge in [0.25, 0.3) is 0 Å². The van der Waals surface area contributed by atoms with Crippen molar-refractivity contribution in [1.29, 1.82) is 0 Å². The van der Waals surface area contributed by atoms with Crippen molar-refractivity contribution >= 4 is 92.0 Å². The molecular weight excluding hydrogens is 644 g/mol. The lowest BCUT2D eigenvalue weighted by atomic mass is 10.0. The number of halogens is 1. The zero-order chi connectivity index (χ0) is 30.6. The topological polar surface area (TPSA) is 8.17 Å². The maximum atomic E-state index is 3.77. The van der Waals surface area contributed by atoms with Crippen LogP contribution in [0.3, 0.4) is 0 Å². The van der Waals surface area contributed by atoms with E-state index in [1.165, 1.54) is 58.8 Å². The van der Waals surface area contributed by atoms with Crippen LogP contribution in [-0.4, -0.2) is 4.57 Å². The molecule has 220 valence electrons. The van der Waals surface area contributed by atoms with Gasteiger partial charge in [0.2, 0.25) is 0 Å². The summed E-state index contributed by atoms with van der Waals surface area (Å²) >= 11 is 5.66. The highest BCUT2D eigenvalue weighted by Crippen LogP contribution is 2.44. The van der Waals surface area contributed by atoms with Crippen molar-refractivity contribution in [3.63, 3.8) is 0 Å². The van der Waals surface area contributed by atoms with E-state index in [1.807, 2.05) is 11.3 Å². The lowest BCUT2D eigenvalue weighted by molar-refractivity contribution is 0.979. The predicted octanol–water partition coefficient (Wildman–Crippen LogP) is 13.3. The minimum absolute atomic E-state index is 1.01. The monoisotopic (exact) mass is 672 g/mol. The maximum absolute atomic E-state index is 3.77. The zero-order valence-electron chi connectivity index (χ0n) is 25.0. The molecule has 46 heavy (non-hydrogen) atoms. The molecule has 0 unspecified atom stereocenters. The van der Waals surface area contributed by atoms with Crippen LogP contribution in [0.25, 0.3) is 58.8 Å². The highest BCUT2D eigenvalue weighted by Gasteiger charge is 2.20. The molecule has 0 radical (unpaired) electrons. The Balaban J connectivity index is 1.30. The fourth-order valence-corrected chi connectivity index (χ4v) is 8.62. The van der Waals surface area contributed by atoms with Crippen LogP contribution in [0.15, 0.2) is 156 Å². The van der Waals surface area contributed by atoms with Crippen LogP contribution in [0.1, 0.15) is 12.8 Å². The SMILES string of the molecule is Brc1ccccc1-c1cccc(N(c2ccccc2)c2ccc3c4cc5sc6ccccc6c5cc4n(C4=CC=CCC4)c3c2)c1. The molecule has 0 N–H and O–H groups in total. The van der Waals surface area contributed by atoms with E-state index in [0.29, 0.717) is 0 Å². The number of anilines is 3. The van der Waals surface area contributed by atoms with Crippen LogP contribution in [0, 0.1) is 0 Å². The van der Waals surface area contributed by atoms with Crippen molar-refractivity contribution in [3.05, 3.63) is 156 Å². The summed E-state index contributed by atoms with van der Waals surface area (Å²) in [5, 5.41) is 5.25. The van der Waals surface area contributed by atoms with Crippen molar-refractivity contribution in [1.82, 2.24) is 4.57 Å². The van der Waals surface area contributed by atoms with Gasteiger partial charge in [0.05, 0.1) is 11.0 Å². The number of allylic oxidation sites excluding steroid dienone is 4. The third-order valence-corrected chi connectivity index (χ3v) is 10.9. The average molecular weight is 674 g/mol. The third-order valence-electron chi connectivity index (χ3n) is 9.09. The summed E-state index contributed by atoms with van der Waals surface area (Å²) in [6, 6.07) is 48.6. The van der Waals surface area contributed by atoms with E-state index in [1.54, 1.807) is 0 Å². The summed E-state index contributed by atoms with van der Waals surface area (Å²) in [6.45, 7) is 0. The molecule has 0 spiro atoms. The number of nitrogens with zero attached hydrogens (tertiary/aromatic N) is 2. The largest absolute Gasteiger partial charge is 0.313 e. The summed E-state index contributed by atoms with van der Waals surface area (Å²) in [5.74, 6) is 0. The molecule has 6 aromatic carbocycles. The Morgan fingerprint density at radius 1 is 0.587 bits per heavy atom. The molecule has 4 heteroatoms. The Labute approximate surface area is 280 Å². The molecule has 0 atom stereocenters. The average Bonchev–Trinajstić information content (AvgIpc) is 3.63. The molecular formula is C42H29BrN2S. The molecule has 0 saturated heterocycles. The van der Waals surface area contributed by atoms with Crippen LogP contribution >= 0.6 is 27.3 Å². The number of aromatic nitrogens is 1. The highest BCUT2D eigenvalue weighted by atomic mass is 79.9. The van der Waals surface area contributed by atoms with Gasteiger partial charge in [0.1, 0.15) is 0 Å². The summed E-state index contributed by atoms with van der Waals surface area (Å²) < 4.78 is 6.28. The Morgan fingerprint density at radius 2 is 1.37 bits per heavy atom. The first kappa shape index (κ1) is 27.4. The predicted molar refractivity (Wildman–Crippen MR) is 203 cm³/mol. The molecule has 8 aromatic rings.